The SMILES string of the molecule is CCC(C)Cn1nc(C(=O)N[C@H](CC(=O)OCc2cc(OC)c(-c3cc(C(=O)N[C@H](CC(=O)OC)CC(C)C)nn3C(C)C(C)C)c(OC)c2)CC(C)C)cc1-c1c(OC)cccc1OC. The molecule has 0 aliphatic carbocycles. The minimum Gasteiger partial charge on any atom is -0.496 e. The third-order valence-corrected chi connectivity index (χ3v) is 11.7. The normalized spacial score (nSPS) is 13.2. The summed E-state index contributed by atoms with van der Waals surface area (Å²) < 4.78 is 37.6. The molecule has 0 bridgehead atoms. The van der Waals surface area contributed by atoms with Gasteiger partial charge in [-0.3, -0.25) is 28.5 Å². The summed E-state index contributed by atoms with van der Waals surface area (Å²) in [6.45, 7) is 18.9. The molecule has 2 aromatic carbocycles. The van der Waals surface area contributed by atoms with Gasteiger partial charge in [-0.05, 0) is 85.4 Å². The van der Waals surface area contributed by atoms with E-state index in [1.807, 2.05) is 57.5 Å². The van der Waals surface area contributed by atoms with Gasteiger partial charge in [0.15, 0.2) is 11.4 Å². The van der Waals surface area contributed by atoms with Gasteiger partial charge in [-0.2, -0.15) is 10.2 Å². The number of methoxy groups -OCH3 is 5. The van der Waals surface area contributed by atoms with Crippen molar-refractivity contribution in [3.05, 3.63) is 59.4 Å². The monoisotopic (exact) mass is 917 g/mol. The average Bonchev–Trinajstić information content (AvgIpc) is 3.91. The summed E-state index contributed by atoms with van der Waals surface area (Å²) in [5.74, 6) is 1.01. The van der Waals surface area contributed by atoms with Gasteiger partial charge in [0, 0.05) is 18.6 Å². The predicted molar refractivity (Wildman–Crippen MR) is 253 cm³/mol. The number of esters is 2. The fraction of sp³-hybridized carbons (Fsp3) is 0.560. The van der Waals surface area contributed by atoms with Gasteiger partial charge in [-0.25, -0.2) is 0 Å². The fourth-order valence-corrected chi connectivity index (χ4v) is 7.73. The van der Waals surface area contributed by atoms with E-state index < -0.39 is 35.8 Å². The second-order valence-corrected chi connectivity index (χ2v) is 18.1. The molecule has 362 valence electrons. The lowest BCUT2D eigenvalue weighted by atomic mass is 10.0. The number of nitrogens with one attached hydrogen (secondary N) is 2. The molecule has 2 heterocycles. The minimum absolute atomic E-state index is 0.0323. The van der Waals surface area contributed by atoms with Crippen LogP contribution in [0.25, 0.3) is 22.5 Å². The second-order valence-electron chi connectivity index (χ2n) is 18.1. The van der Waals surface area contributed by atoms with Gasteiger partial charge in [0.2, 0.25) is 0 Å². The molecular weight excluding hydrogens is 845 g/mol. The maximum atomic E-state index is 14.0. The van der Waals surface area contributed by atoms with Crippen LogP contribution in [0.3, 0.4) is 0 Å². The largest absolute Gasteiger partial charge is 0.496 e. The Kier molecular flexibility index (Phi) is 19.5. The van der Waals surface area contributed by atoms with Crippen LogP contribution in [0.15, 0.2) is 42.5 Å². The highest BCUT2D eigenvalue weighted by Gasteiger charge is 2.29. The Morgan fingerprint density at radius 1 is 0.636 bits per heavy atom. The van der Waals surface area contributed by atoms with Crippen molar-refractivity contribution in [1.82, 2.24) is 30.2 Å². The Morgan fingerprint density at radius 2 is 1.12 bits per heavy atom. The van der Waals surface area contributed by atoms with Crippen molar-refractivity contribution in [3.8, 4) is 45.5 Å². The molecule has 4 rings (SSSR count). The molecule has 0 aliphatic rings. The predicted octanol–water partition coefficient (Wildman–Crippen LogP) is 8.70. The van der Waals surface area contributed by atoms with Gasteiger partial charge in [-0.15, -0.1) is 0 Å². The van der Waals surface area contributed by atoms with Crippen LogP contribution in [0.2, 0.25) is 0 Å². The van der Waals surface area contributed by atoms with E-state index in [2.05, 4.69) is 38.3 Å². The molecule has 4 aromatic rings. The molecule has 2 N–H and O–H groups in total. The molecule has 2 amide bonds. The van der Waals surface area contributed by atoms with Crippen LogP contribution < -0.4 is 29.6 Å². The quantitative estimate of drug-likeness (QED) is 0.0604. The first-order valence-corrected chi connectivity index (χ1v) is 22.9. The standard InChI is InChI=1S/C50H72N6O10/c1-15-32(8)27-55-39(47-41(61-10)17-16-18-42(47)62-11)25-37(53-55)49(59)52-36(20-30(4)5)24-46(58)66-28-34-21-43(63-12)48(44(22-34)64-13)40-26-38(54-56(40)33(9)31(6)7)50(60)51-35(19-29(2)3)23-45(57)65-14/h16-18,21-22,25-26,29-33,35-36H,15,19-20,23-24,27-28H2,1-14H3,(H,51,60)(H,52,59)/t32?,33?,35-,36-/m0/s1. The summed E-state index contributed by atoms with van der Waals surface area (Å²) in [7, 11) is 7.56. The Balaban J connectivity index is 1.59. The number of amides is 2. The third kappa shape index (κ3) is 13.7. The van der Waals surface area contributed by atoms with Gasteiger partial charge in [0.25, 0.3) is 11.8 Å². The first-order valence-electron chi connectivity index (χ1n) is 22.9. The van der Waals surface area contributed by atoms with Crippen LogP contribution in [-0.4, -0.2) is 90.9 Å². The minimum atomic E-state index is -0.545. The number of carbonyl (C=O) groups is 4. The summed E-state index contributed by atoms with van der Waals surface area (Å²) in [5.41, 5.74) is 3.47. The van der Waals surface area contributed by atoms with E-state index in [1.165, 1.54) is 21.3 Å². The number of rotatable bonds is 25. The fourth-order valence-electron chi connectivity index (χ4n) is 7.73. The van der Waals surface area contributed by atoms with Crippen LogP contribution in [0.1, 0.15) is 127 Å². The van der Waals surface area contributed by atoms with E-state index in [0.29, 0.717) is 70.5 Å². The van der Waals surface area contributed by atoms with Gasteiger partial charge >= 0.3 is 11.9 Å². The molecule has 16 nitrogen and oxygen atoms in total. The van der Waals surface area contributed by atoms with Crippen molar-refractivity contribution >= 4 is 23.8 Å². The Morgan fingerprint density at radius 3 is 1.59 bits per heavy atom. The van der Waals surface area contributed by atoms with E-state index >= 15 is 0 Å². The zero-order valence-corrected chi connectivity index (χ0v) is 41.4. The zero-order valence-electron chi connectivity index (χ0n) is 41.4. The third-order valence-electron chi connectivity index (χ3n) is 11.7. The van der Waals surface area contributed by atoms with Crippen LogP contribution in [0, 0.1) is 23.7 Å². The van der Waals surface area contributed by atoms with Gasteiger partial charge in [0.05, 0.1) is 76.9 Å². The molecule has 0 spiro atoms. The van der Waals surface area contributed by atoms with Crippen molar-refractivity contribution in [1.29, 1.82) is 0 Å². The molecule has 0 aliphatic heterocycles. The molecule has 0 saturated heterocycles. The molecule has 0 radical (unpaired) electrons. The van der Waals surface area contributed by atoms with Crippen molar-refractivity contribution in [2.24, 2.45) is 23.7 Å². The summed E-state index contributed by atoms with van der Waals surface area (Å²) in [6, 6.07) is 11.3. The number of ether oxygens (including phenoxy) is 6. The molecule has 2 unspecified atom stereocenters. The van der Waals surface area contributed by atoms with Crippen molar-refractivity contribution < 1.29 is 47.6 Å². The number of nitrogens with zero attached hydrogens (tertiary/aromatic N) is 4. The van der Waals surface area contributed by atoms with Crippen molar-refractivity contribution in [3.63, 3.8) is 0 Å². The lowest BCUT2D eigenvalue weighted by Crippen LogP contribution is -2.38. The Bertz CT molecular complexity index is 2220. The van der Waals surface area contributed by atoms with Gasteiger partial charge in [0.1, 0.15) is 29.6 Å². The maximum Gasteiger partial charge on any atom is 0.308 e. The lowest BCUT2D eigenvalue weighted by molar-refractivity contribution is -0.145. The van der Waals surface area contributed by atoms with E-state index in [4.69, 9.17) is 38.6 Å². The Hall–Kier alpha value is -6.06. The highest BCUT2D eigenvalue weighted by molar-refractivity contribution is 5.95. The first kappa shape index (κ1) is 52.6. The maximum absolute atomic E-state index is 14.0. The average molecular weight is 917 g/mol. The number of hydrogen-bond acceptors (Lipinski definition) is 12. The summed E-state index contributed by atoms with van der Waals surface area (Å²) in [6.07, 6.45) is 1.96. The smallest absolute Gasteiger partial charge is 0.308 e. The molecule has 0 fully saturated rings. The summed E-state index contributed by atoms with van der Waals surface area (Å²) >= 11 is 0. The van der Waals surface area contributed by atoms with Gasteiger partial charge < -0.3 is 39.1 Å². The van der Waals surface area contributed by atoms with Gasteiger partial charge in [-0.1, -0.05) is 67.9 Å². The summed E-state index contributed by atoms with van der Waals surface area (Å²) in [4.78, 5) is 53.5. The number of aromatic nitrogens is 4. The first-order chi connectivity index (χ1) is 31.4. The number of carbonyl (C=O) groups excluding carboxylic acids is 4. The highest BCUT2D eigenvalue weighted by atomic mass is 16.5. The van der Waals surface area contributed by atoms with Crippen molar-refractivity contribution in [2.45, 2.75) is 126 Å². The lowest BCUT2D eigenvalue weighted by Gasteiger charge is -2.22. The Labute approximate surface area is 390 Å². The topological polar surface area (TPSA) is 183 Å². The number of hydrogen-bond donors (Lipinski definition) is 2. The molecule has 2 aromatic heterocycles. The molecule has 66 heavy (non-hydrogen) atoms. The van der Waals surface area contributed by atoms with Crippen LogP contribution in [-0.2, 0) is 32.2 Å². The van der Waals surface area contributed by atoms with Crippen LogP contribution >= 0.6 is 0 Å². The van der Waals surface area contributed by atoms with E-state index in [9.17, 15) is 19.2 Å². The summed E-state index contributed by atoms with van der Waals surface area (Å²) in [5, 5.41) is 15.6. The molecular formula is C50H72N6O10. The van der Waals surface area contributed by atoms with Crippen LogP contribution in [0.4, 0.5) is 0 Å². The van der Waals surface area contributed by atoms with E-state index in [1.54, 1.807) is 43.2 Å². The zero-order chi connectivity index (χ0) is 48.8. The van der Waals surface area contributed by atoms with Crippen LogP contribution in [0.5, 0.6) is 23.0 Å². The molecule has 0 saturated carbocycles. The molecule has 4 atom stereocenters. The second kappa shape index (κ2) is 24.5. The van der Waals surface area contributed by atoms with Crippen molar-refractivity contribution in [2.75, 3.05) is 35.5 Å². The van der Waals surface area contributed by atoms with E-state index in [0.717, 1.165) is 6.42 Å². The highest BCUT2D eigenvalue weighted by Crippen LogP contribution is 2.42. The number of benzene rings is 2. The van der Waals surface area contributed by atoms with E-state index in [-0.39, 0.29) is 60.5 Å². The molecule has 16 heteroatoms.